The van der Waals surface area contributed by atoms with Crippen LogP contribution in [-0.4, -0.2) is 16.4 Å². The van der Waals surface area contributed by atoms with Gasteiger partial charge in [-0.25, -0.2) is 0 Å². The summed E-state index contributed by atoms with van der Waals surface area (Å²) in [5.41, 5.74) is -2.90. The van der Waals surface area contributed by atoms with Crippen molar-refractivity contribution in [2.24, 2.45) is 5.92 Å². The van der Waals surface area contributed by atoms with Crippen LogP contribution in [0, 0.1) is 16.0 Å². The number of rotatable bonds is 7. The largest absolute Gasteiger partial charge is 0.416 e. The molecule has 11 heteroatoms. The Hall–Kier alpha value is -2.14. The van der Waals surface area contributed by atoms with Crippen molar-refractivity contribution in [2.75, 3.05) is 6.54 Å². The Morgan fingerprint density at radius 3 is 2.22 bits per heavy atom. The third-order valence-corrected chi connectivity index (χ3v) is 6.61. The second kappa shape index (κ2) is 9.78. The van der Waals surface area contributed by atoms with Gasteiger partial charge >= 0.3 is 17.4 Å². The predicted octanol–water partition coefficient (Wildman–Crippen LogP) is 7.28. The molecule has 0 spiro atoms. The molecular weight excluding hydrogens is 458 g/mol. The van der Waals surface area contributed by atoms with Crippen LogP contribution in [0.1, 0.15) is 53.7 Å². The highest BCUT2D eigenvalue weighted by Crippen LogP contribution is 2.38. The fourth-order valence-corrected chi connectivity index (χ4v) is 4.95. The molecule has 1 saturated carbocycles. The average molecular weight is 480 g/mol. The monoisotopic (exact) mass is 480 g/mol. The summed E-state index contributed by atoms with van der Waals surface area (Å²) in [6.45, 7) is 0.465. The van der Waals surface area contributed by atoms with Crippen LogP contribution < -0.4 is 0 Å². The van der Waals surface area contributed by atoms with Crippen LogP contribution in [0.3, 0.4) is 0 Å². The molecule has 1 aromatic carbocycles. The zero-order valence-corrected chi connectivity index (χ0v) is 17.8. The fraction of sp³-hybridized carbons (Fsp3) is 0.524. The van der Waals surface area contributed by atoms with Crippen LogP contribution in [0.25, 0.3) is 0 Å². The Labute approximate surface area is 185 Å². The van der Waals surface area contributed by atoms with Crippen molar-refractivity contribution in [3.63, 3.8) is 0 Å². The molecule has 0 saturated heterocycles. The quantitative estimate of drug-likeness (QED) is 0.238. The number of hydrogen-bond acceptors (Lipinski definition) is 4. The van der Waals surface area contributed by atoms with E-state index < -0.39 is 28.4 Å². The summed E-state index contributed by atoms with van der Waals surface area (Å²) in [6.07, 6.45) is -4.80. The Morgan fingerprint density at radius 2 is 1.66 bits per heavy atom. The minimum atomic E-state index is -4.94. The third-order valence-electron chi connectivity index (χ3n) is 5.58. The fourth-order valence-electron chi connectivity index (χ4n) is 4.09. The smallest absolute Gasteiger partial charge is 0.294 e. The van der Waals surface area contributed by atoms with Crippen molar-refractivity contribution >= 4 is 16.3 Å². The molecule has 0 aliphatic heterocycles. The van der Waals surface area contributed by atoms with Gasteiger partial charge in [-0.2, -0.15) is 26.3 Å². The van der Waals surface area contributed by atoms with Gasteiger partial charge in [0.2, 0.25) is 0 Å². The molecule has 0 amide bonds. The van der Waals surface area contributed by atoms with Crippen molar-refractivity contribution in [1.82, 2.24) is 4.90 Å². The SMILES string of the molecule is O=[N+]([O-])c1ccc(CN(Cc2ccc(C(F)(F)F)cc2C(F)(F)F)CC2CCCCC2)s1. The van der Waals surface area contributed by atoms with Gasteiger partial charge in [0.05, 0.1) is 16.1 Å². The van der Waals surface area contributed by atoms with Crippen LogP contribution in [-0.2, 0) is 25.4 Å². The van der Waals surface area contributed by atoms with Crippen LogP contribution in [0.15, 0.2) is 30.3 Å². The van der Waals surface area contributed by atoms with Crippen molar-refractivity contribution < 1.29 is 31.3 Å². The zero-order chi connectivity index (χ0) is 23.5. The maximum atomic E-state index is 13.6. The number of alkyl halides is 6. The molecule has 1 fully saturated rings. The van der Waals surface area contributed by atoms with E-state index in [1.54, 1.807) is 11.0 Å². The minimum absolute atomic E-state index is 0.0665. The standard InChI is InChI=1S/C21H22F6N2O2S/c22-20(23,24)16-7-6-15(18(10-16)21(25,26)27)12-28(11-14-4-2-1-3-5-14)13-17-8-9-19(32-17)29(30)31/h6-10,14H,1-5,11-13H2. The molecule has 2 aromatic rings. The van der Waals surface area contributed by atoms with E-state index in [1.165, 1.54) is 6.07 Å². The molecule has 4 nitrogen and oxygen atoms in total. The lowest BCUT2D eigenvalue weighted by atomic mass is 9.88. The Bertz CT molecular complexity index is 935. The van der Waals surface area contributed by atoms with Gasteiger partial charge in [0, 0.05) is 30.6 Å². The first-order valence-electron chi connectivity index (χ1n) is 10.2. The highest BCUT2D eigenvalue weighted by Gasteiger charge is 2.38. The second-order valence-electron chi connectivity index (χ2n) is 8.04. The van der Waals surface area contributed by atoms with E-state index >= 15 is 0 Å². The second-order valence-corrected chi connectivity index (χ2v) is 9.18. The molecule has 1 aliphatic rings. The van der Waals surface area contributed by atoms with Gasteiger partial charge < -0.3 is 0 Å². The Morgan fingerprint density at radius 1 is 0.969 bits per heavy atom. The van der Waals surface area contributed by atoms with Gasteiger partial charge in [-0.3, -0.25) is 15.0 Å². The van der Waals surface area contributed by atoms with Crippen molar-refractivity contribution in [2.45, 2.75) is 57.5 Å². The molecule has 0 unspecified atom stereocenters. The third kappa shape index (κ3) is 6.44. The molecule has 0 N–H and O–H groups in total. The summed E-state index contributed by atoms with van der Waals surface area (Å²) in [5.74, 6) is 0.266. The molecule has 0 bridgehead atoms. The van der Waals surface area contributed by atoms with E-state index in [0.717, 1.165) is 49.5 Å². The molecule has 0 atom stereocenters. The van der Waals surface area contributed by atoms with E-state index in [1.807, 2.05) is 0 Å². The summed E-state index contributed by atoms with van der Waals surface area (Å²) in [7, 11) is 0. The van der Waals surface area contributed by atoms with Crippen LogP contribution in [0.5, 0.6) is 0 Å². The highest BCUT2D eigenvalue weighted by atomic mass is 32.1. The summed E-state index contributed by atoms with van der Waals surface area (Å²) < 4.78 is 79.7. The normalized spacial score (nSPS) is 16.0. The van der Waals surface area contributed by atoms with Gasteiger partial charge in [0.15, 0.2) is 0 Å². The number of nitro groups is 1. The topological polar surface area (TPSA) is 46.4 Å². The molecular formula is C21H22F6N2O2S. The van der Waals surface area contributed by atoms with E-state index in [2.05, 4.69) is 0 Å². The number of nitrogens with zero attached hydrogens (tertiary/aromatic N) is 2. The number of benzene rings is 1. The van der Waals surface area contributed by atoms with E-state index in [0.29, 0.717) is 17.5 Å². The van der Waals surface area contributed by atoms with E-state index in [-0.39, 0.29) is 35.6 Å². The first kappa shape index (κ1) is 24.5. The van der Waals surface area contributed by atoms with Gasteiger partial charge in [-0.05, 0) is 42.5 Å². The summed E-state index contributed by atoms with van der Waals surface area (Å²) in [4.78, 5) is 12.8. The Balaban J connectivity index is 1.89. The minimum Gasteiger partial charge on any atom is -0.294 e. The van der Waals surface area contributed by atoms with E-state index in [9.17, 15) is 36.5 Å². The Kier molecular flexibility index (Phi) is 7.49. The van der Waals surface area contributed by atoms with Gasteiger partial charge in [-0.15, -0.1) is 0 Å². The van der Waals surface area contributed by atoms with Gasteiger partial charge in [0.25, 0.3) is 0 Å². The van der Waals surface area contributed by atoms with Crippen molar-refractivity contribution in [1.29, 1.82) is 0 Å². The maximum absolute atomic E-state index is 13.6. The molecule has 176 valence electrons. The molecule has 3 rings (SSSR count). The first-order valence-corrected chi connectivity index (χ1v) is 11.0. The molecule has 1 heterocycles. The predicted molar refractivity (Wildman–Crippen MR) is 108 cm³/mol. The van der Waals surface area contributed by atoms with Crippen LogP contribution in [0.4, 0.5) is 31.3 Å². The first-order chi connectivity index (χ1) is 14.9. The zero-order valence-electron chi connectivity index (χ0n) is 17.0. The van der Waals surface area contributed by atoms with Crippen molar-refractivity contribution in [3.8, 4) is 0 Å². The lowest BCUT2D eigenvalue weighted by molar-refractivity contribution is -0.380. The summed E-state index contributed by atoms with van der Waals surface area (Å²) >= 11 is 0.946. The average Bonchev–Trinajstić information content (AvgIpc) is 3.16. The lowest BCUT2D eigenvalue weighted by Gasteiger charge is -2.30. The highest BCUT2D eigenvalue weighted by molar-refractivity contribution is 7.15. The number of halogens is 6. The summed E-state index contributed by atoms with van der Waals surface area (Å²) in [6, 6.07) is 4.62. The number of hydrogen-bond donors (Lipinski definition) is 0. The van der Waals surface area contributed by atoms with Crippen LogP contribution >= 0.6 is 11.3 Å². The number of thiophene rings is 1. The van der Waals surface area contributed by atoms with Crippen LogP contribution in [0.2, 0.25) is 0 Å². The lowest BCUT2D eigenvalue weighted by Crippen LogP contribution is -2.30. The van der Waals surface area contributed by atoms with E-state index in [4.69, 9.17) is 0 Å². The molecule has 1 aromatic heterocycles. The van der Waals surface area contributed by atoms with Gasteiger partial charge in [0.1, 0.15) is 0 Å². The van der Waals surface area contributed by atoms with Crippen molar-refractivity contribution in [3.05, 3.63) is 62.0 Å². The molecule has 0 radical (unpaired) electrons. The molecule has 1 aliphatic carbocycles. The summed E-state index contributed by atoms with van der Waals surface area (Å²) in [5, 5.41) is 10.9. The molecule has 32 heavy (non-hydrogen) atoms. The maximum Gasteiger partial charge on any atom is 0.416 e. The van der Waals surface area contributed by atoms with Gasteiger partial charge in [-0.1, -0.05) is 36.7 Å².